The lowest BCUT2D eigenvalue weighted by Crippen LogP contribution is -2.53. The fourth-order valence-corrected chi connectivity index (χ4v) is 3.19. The van der Waals surface area contributed by atoms with E-state index in [0.717, 1.165) is 4.90 Å². The average molecular weight is 393 g/mol. The van der Waals surface area contributed by atoms with E-state index in [9.17, 15) is 22.8 Å². The van der Waals surface area contributed by atoms with Gasteiger partial charge in [0.05, 0.1) is 0 Å². The molecule has 0 saturated carbocycles. The van der Waals surface area contributed by atoms with Crippen LogP contribution in [0.2, 0.25) is 5.02 Å². The van der Waals surface area contributed by atoms with Crippen molar-refractivity contribution in [1.82, 2.24) is 4.90 Å². The number of benzene rings is 1. The first-order valence-electron chi connectivity index (χ1n) is 8.09. The molecule has 26 heavy (non-hydrogen) atoms. The number of hydrogen-bond acceptors (Lipinski definition) is 3. The molecular weight excluding hydrogens is 373 g/mol. The van der Waals surface area contributed by atoms with Crippen molar-refractivity contribution in [2.45, 2.75) is 25.6 Å². The lowest BCUT2D eigenvalue weighted by molar-refractivity contribution is -0.211. The zero-order valence-corrected chi connectivity index (χ0v) is 15.1. The predicted molar refractivity (Wildman–Crippen MR) is 90.8 cm³/mol. The van der Waals surface area contributed by atoms with Gasteiger partial charge < -0.3 is 14.9 Å². The largest absolute Gasteiger partial charge is 0.423 e. The number of likely N-dealkylation sites (tertiary alicyclic amines) is 1. The van der Waals surface area contributed by atoms with E-state index in [1.165, 1.54) is 4.90 Å². The van der Waals surface area contributed by atoms with E-state index in [4.69, 9.17) is 16.7 Å². The van der Waals surface area contributed by atoms with Crippen LogP contribution in [0.15, 0.2) is 24.3 Å². The Morgan fingerprint density at radius 3 is 2.38 bits per heavy atom. The number of aliphatic hydroxyl groups excluding tert-OH is 1. The highest BCUT2D eigenvalue weighted by Gasteiger charge is 2.47. The number of piperidine rings is 1. The Morgan fingerprint density at radius 1 is 1.31 bits per heavy atom. The zero-order chi connectivity index (χ0) is 19.6. The number of amides is 2. The van der Waals surface area contributed by atoms with Crippen LogP contribution < -0.4 is 4.90 Å². The van der Waals surface area contributed by atoms with Crippen molar-refractivity contribution in [3.05, 3.63) is 29.3 Å². The molecule has 2 unspecified atom stereocenters. The highest BCUT2D eigenvalue weighted by Crippen LogP contribution is 2.29. The second-order valence-electron chi connectivity index (χ2n) is 6.47. The number of rotatable bonds is 3. The van der Waals surface area contributed by atoms with E-state index in [0.29, 0.717) is 10.7 Å². The van der Waals surface area contributed by atoms with Gasteiger partial charge in [-0.25, -0.2) is 0 Å². The predicted octanol–water partition coefficient (Wildman–Crippen LogP) is 2.71. The van der Waals surface area contributed by atoms with Crippen LogP contribution in [-0.2, 0) is 9.59 Å². The minimum absolute atomic E-state index is 0.0127. The van der Waals surface area contributed by atoms with Gasteiger partial charge in [0.2, 0.25) is 12.0 Å². The molecule has 3 atom stereocenters. The lowest BCUT2D eigenvalue weighted by atomic mass is 9.85. The van der Waals surface area contributed by atoms with Gasteiger partial charge in [0.25, 0.3) is 5.91 Å². The Kier molecular flexibility index (Phi) is 6.18. The number of anilines is 1. The molecule has 0 bridgehead atoms. The van der Waals surface area contributed by atoms with Crippen LogP contribution >= 0.6 is 11.6 Å². The van der Waals surface area contributed by atoms with Gasteiger partial charge in [-0.05, 0) is 36.6 Å². The summed E-state index contributed by atoms with van der Waals surface area (Å²) in [5.74, 6) is -2.32. The third kappa shape index (κ3) is 4.48. The van der Waals surface area contributed by atoms with E-state index in [1.807, 2.05) is 0 Å². The Hall–Kier alpha value is -1.80. The van der Waals surface area contributed by atoms with Crippen molar-refractivity contribution in [1.29, 1.82) is 0 Å². The Morgan fingerprint density at radius 2 is 1.88 bits per heavy atom. The maximum Gasteiger partial charge on any atom is 0.423 e. The van der Waals surface area contributed by atoms with E-state index in [1.54, 1.807) is 38.2 Å². The molecule has 2 rings (SSSR count). The standard InChI is InChI=1S/C17H20ClF3N2O3/c1-10-9-23(16(26)14(24)17(19,20)21)8-7-13(10)15(25)22(2)12-5-3-11(18)4-6-12/h3-6,10,13-14,24H,7-9H2,1-2H3/t10?,13?,14-/m1/s1. The van der Waals surface area contributed by atoms with Crippen LogP contribution in [0.1, 0.15) is 13.3 Å². The third-order valence-corrected chi connectivity index (χ3v) is 4.87. The van der Waals surface area contributed by atoms with Gasteiger partial charge in [0, 0.05) is 36.8 Å². The zero-order valence-electron chi connectivity index (χ0n) is 14.3. The maximum atomic E-state index is 12.7. The molecule has 1 aliphatic rings. The van der Waals surface area contributed by atoms with Gasteiger partial charge in [0.15, 0.2) is 0 Å². The Bertz CT molecular complexity index is 666. The summed E-state index contributed by atoms with van der Waals surface area (Å²) in [4.78, 5) is 27.0. The summed E-state index contributed by atoms with van der Waals surface area (Å²) in [6.45, 7) is 1.68. The molecular formula is C17H20ClF3N2O3. The summed E-state index contributed by atoms with van der Waals surface area (Å²) < 4.78 is 37.5. The maximum absolute atomic E-state index is 12.7. The number of carbonyl (C=O) groups is 2. The molecule has 0 spiro atoms. The van der Waals surface area contributed by atoms with Crippen molar-refractivity contribution in [2.24, 2.45) is 11.8 Å². The van der Waals surface area contributed by atoms with Crippen LogP contribution in [-0.4, -0.2) is 54.2 Å². The summed E-state index contributed by atoms with van der Waals surface area (Å²) >= 11 is 5.83. The van der Waals surface area contributed by atoms with Gasteiger partial charge in [-0.3, -0.25) is 9.59 Å². The molecule has 2 amide bonds. The van der Waals surface area contributed by atoms with Crippen LogP contribution in [0.3, 0.4) is 0 Å². The molecule has 1 aliphatic heterocycles. The molecule has 1 saturated heterocycles. The molecule has 9 heteroatoms. The van der Waals surface area contributed by atoms with Gasteiger partial charge >= 0.3 is 6.18 Å². The van der Waals surface area contributed by atoms with Gasteiger partial charge in [-0.2, -0.15) is 13.2 Å². The summed E-state index contributed by atoms with van der Waals surface area (Å²) in [6, 6.07) is 6.71. The average Bonchev–Trinajstić information content (AvgIpc) is 2.59. The van der Waals surface area contributed by atoms with E-state index in [2.05, 4.69) is 0 Å². The minimum atomic E-state index is -5.00. The van der Waals surface area contributed by atoms with Gasteiger partial charge in [0.1, 0.15) is 0 Å². The van der Waals surface area contributed by atoms with Crippen LogP contribution in [0.25, 0.3) is 0 Å². The van der Waals surface area contributed by atoms with Gasteiger partial charge in [-0.15, -0.1) is 0 Å². The highest BCUT2D eigenvalue weighted by molar-refractivity contribution is 6.30. The summed E-state index contributed by atoms with van der Waals surface area (Å²) in [6.07, 6.45) is -7.80. The first-order valence-corrected chi connectivity index (χ1v) is 8.47. The number of alkyl halides is 3. The molecule has 0 radical (unpaired) electrons. The topological polar surface area (TPSA) is 60.9 Å². The van der Waals surface area contributed by atoms with Crippen LogP contribution in [0, 0.1) is 11.8 Å². The number of aliphatic hydroxyl groups is 1. The first kappa shape index (κ1) is 20.5. The fraction of sp³-hybridized carbons (Fsp3) is 0.529. The summed E-state index contributed by atoms with van der Waals surface area (Å²) in [7, 11) is 1.61. The fourth-order valence-electron chi connectivity index (χ4n) is 3.07. The van der Waals surface area contributed by atoms with Crippen molar-refractivity contribution in [3.63, 3.8) is 0 Å². The molecule has 1 aromatic rings. The quantitative estimate of drug-likeness (QED) is 0.860. The number of nitrogens with zero attached hydrogens (tertiary/aromatic N) is 2. The summed E-state index contributed by atoms with van der Waals surface area (Å²) in [5, 5.41) is 9.66. The SMILES string of the molecule is CC1CN(C(=O)[C@@H](O)C(F)(F)F)CCC1C(=O)N(C)c1ccc(Cl)cc1. The normalized spacial score (nSPS) is 22.0. The van der Waals surface area contributed by atoms with Crippen molar-refractivity contribution in [2.75, 3.05) is 25.0 Å². The minimum Gasteiger partial charge on any atom is -0.376 e. The van der Waals surface area contributed by atoms with E-state index in [-0.39, 0.29) is 31.3 Å². The van der Waals surface area contributed by atoms with E-state index < -0.39 is 24.1 Å². The molecule has 1 N–H and O–H groups in total. The monoisotopic (exact) mass is 392 g/mol. The molecule has 1 fully saturated rings. The number of hydrogen-bond donors (Lipinski definition) is 1. The number of halogens is 4. The Labute approximate surface area is 154 Å². The van der Waals surface area contributed by atoms with Crippen LogP contribution in [0.5, 0.6) is 0 Å². The van der Waals surface area contributed by atoms with E-state index >= 15 is 0 Å². The van der Waals surface area contributed by atoms with Crippen molar-refractivity contribution < 1.29 is 27.9 Å². The molecule has 0 aliphatic carbocycles. The van der Waals surface area contributed by atoms with Gasteiger partial charge in [-0.1, -0.05) is 18.5 Å². The molecule has 1 aromatic carbocycles. The van der Waals surface area contributed by atoms with Crippen LogP contribution in [0.4, 0.5) is 18.9 Å². The third-order valence-electron chi connectivity index (χ3n) is 4.62. The number of carbonyl (C=O) groups excluding carboxylic acids is 2. The molecule has 144 valence electrons. The lowest BCUT2D eigenvalue weighted by Gasteiger charge is -2.38. The second kappa shape index (κ2) is 7.84. The molecule has 1 heterocycles. The highest BCUT2D eigenvalue weighted by atomic mass is 35.5. The smallest absolute Gasteiger partial charge is 0.376 e. The summed E-state index contributed by atoms with van der Waals surface area (Å²) in [5.41, 5.74) is 0.651. The second-order valence-corrected chi connectivity index (χ2v) is 6.91. The molecule has 5 nitrogen and oxygen atoms in total. The first-order chi connectivity index (χ1) is 12.0. The Balaban J connectivity index is 2.03. The molecule has 0 aromatic heterocycles. The van der Waals surface area contributed by atoms with Crippen molar-refractivity contribution in [3.8, 4) is 0 Å². The van der Waals surface area contributed by atoms with Crippen molar-refractivity contribution >= 4 is 29.1 Å².